The van der Waals surface area contributed by atoms with E-state index in [1.54, 1.807) is 12.1 Å². The van der Waals surface area contributed by atoms with Gasteiger partial charge in [0, 0.05) is 18.5 Å². The van der Waals surface area contributed by atoms with Gasteiger partial charge in [-0.1, -0.05) is 6.92 Å². The van der Waals surface area contributed by atoms with Crippen LogP contribution in [0.5, 0.6) is 0 Å². The molecule has 3 nitrogen and oxygen atoms in total. The Morgan fingerprint density at radius 1 is 1.32 bits per heavy atom. The van der Waals surface area contributed by atoms with Gasteiger partial charge in [0.05, 0.1) is 11.0 Å². The van der Waals surface area contributed by atoms with Gasteiger partial charge in [0.25, 0.3) is 0 Å². The van der Waals surface area contributed by atoms with Gasteiger partial charge in [0.1, 0.15) is 11.6 Å². The summed E-state index contributed by atoms with van der Waals surface area (Å²) in [7, 11) is 0. The normalized spacial score (nSPS) is 27.3. The van der Waals surface area contributed by atoms with Crippen molar-refractivity contribution in [1.29, 1.82) is 0 Å². The average molecular weight is 259 g/mol. The van der Waals surface area contributed by atoms with E-state index in [1.165, 1.54) is 18.9 Å². The van der Waals surface area contributed by atoms with Crippen molar-refractivity contribution in [3.63, 3.8) is 0 Å². The number of hydrogen-bond donors (Lipinski definition) is 1. The molecule has 19 heavy (non-hydrogen) atoms. The molecule has 2 unspecified atom stereocenters. The highest BCUT2D eigenvalue weighted by molar-refractivity contribution is 5.76. The van der Waals surface area contributed by atoms with Crippen molar-refractivity contribution in [2.75, 3.05) is 13.1 Å². The summed E-state index contributed by atoms with van der Waals surface area (Å²) in [5.74, 6) is 2.04. The lowest BCUT2D eigenvalue weighted by molar-refractivity contribution is 0.519. The third kappa shape index (κ3) is 1.77. The van der Waals surface area contributed by atoms with Gasteiger partial charge < -0.3 is 9.88 Å². The van der Waals surface area contributed by atoms with E-state index < -0.39 is 0 Å². The molecule has 1 aromatic carbocycles. The first-order valence-corrected chi connectivity index (χ1v) is 7.12. The topological polar surface area (TPSA) is 29.9 Å². The van der Waals surface area contributed by atoms with E-state index in [0.29, 0.717) is 17.9 Å². The Morgan fingerprint density at radius 3 is 2.84 bits per heavy atom. The zero-order valence-electron chi connectivity index (χ0n) is 11.1. The van der Waals surface area contributed by atoms with Crippen LogP contribution < -0.4 is 5.32 Å². The van der Waals surface area contributed by atoms with Gasteiger partial charge in [-0.05, 0) is 43.5 Å². The Balaban J connectivity index is 1.91. The van der Waals surface area contributed by atoms with E-state index in [0.717, 1.165) is 29.9 Å². The van der Waals surface area contributed by atoms with Crippen molar-refractivity contribution < 1.29 is 4.39 Å². The number of nitrogens with zero attached hydrogens (tertiary/aromatic N) is 2. The van der Waals surface area contributed by atoms with Crippen LogP contribution in [0.4, 0.5) is 4.39 Å². The maximum atomic E-state index is 13.5. The SMILES string of the molecule is CC1CNCC1c1nc2ccc(F)cc2n1C1CC1. The minimum atomic E-state index is -0.168. The third-order valence-electron chi connectivity index (χ3n) is 4.44. The maximum Gasteiger partial charge on any atom is 0.125 e. The van der Waals surface area contributed by atoms with Crippen LogP contribution in [0.25, 0.3) is 11.0 Å². The summed E-state index contributed by atoms with van der Waals surface area (Å²) in [4.78, 5) is 4.80. The van der Waals surface area contributed by atoms with Crippen molar-refractivity contribution in [2.45, 2.75) is 31.7 Å². The summed E-state index contributed by atoms with van der Waals surface area (Å²) in [5.41, 5.74) is 1.90. The number of aromatic nitrogens is 2. The van der Waals surface area contributed by atoms with Crippen LogP contribution in [0.3, 0.4) is 0 Å². The van der Waals surface area contributed by atoms with Gasteiger partial charge in [0.2, 0.25) is 0 Å². The fourth-order valence-electron chi connectivity index (χ4n) is 3.22. The molecule has 1 saturated carbocycles. The number of nitrogens with one attached hydrogen (secondary N) is 1. The zero-order chi connectivity index (χ0) is 13.0. The molecule has 0 radical (unpaired) electrons. The van der Waals surface area contributed by atoms with Crippen LogP contribution in [-0.4, -0.2) is 22.6 Å². The molecule has 2 heterocycles. The highest BCUT2D eigenvalue weighted by atomic mass is 19.1. The van der Waals surface area contributed by atoms with E-state index in [-0.39, 0.29) is 5.82 Å². The molecule has 0 amide bonds. The first-order valence-electron chi connectivity index (χ1n) is 7.12. The van der Waals surface area contributed by atoms with E-state index in [1.807, 2.05) is 0 Å². The lowest BCUT2D eigenvalue weighted by atomic mass is 9.97. The molecule has 1 aliphatic heterocycles. The Kier molecular flexibility index (Phi) is 2.42. The second kappa shape index (κ2) is 4.04. The number of benzene rings is 1. The molecule has 2 atom stereocenters. The molecule has 2 fully saturated rings. The Bertz CT molecular complexity index is 630. The zero-order valence-corrected chi connectivity index (χ0v) is 11.1. The maximum absolute atomic E-state index is 13.5. The van der Waals surface area contributed by atoms with Crippen LogP contribution >= 0.6 is 0 Å². The van der Waals surface area contributed by atoms with Gasteiger partial charge in [-0.3, -0.25) is 0 Å². The lowest BCUT2D eigenvalue weighted by Gasteiger charge is -2.16. The monoisotopic (exact) mass is 259 g/mol. The first kappa shape index (κ1) is 11.4. The smallest absolute Gasteiger partial charge is 0.125 e. The molecule has 4 rings (SSSR count). The van der Waals surface area contributed by atoms with E-state index in [4.69, 9.17) is 4.98 Å². The standard InChI is InChI=1S/C15H18FN3/c1-9-7-17-8-12(9)15-18-13-5-2-10(16)6-14(13)19(15)11-3-4-11/h2,5-6,9,11-12,17H,3-4,7-8H2,1H3. The summed E-state index contributed by atoms with van der Waals surface area (Å²) < 4.78 is 15.8. The highest BCUT2D eigenvalue weighted by Crippen LogP contribution is 2.41. The van der Waals surface area contributed by atoms with E-state index in [9.17, 15) is 4.39 Å². The van der Waals surface area contributed by atoms with Gasteiger partial charge in [0.15, 0.2) is 0 Å². The molecule has 0 spiro atoms. The van der Waals surface area contributed by atoms with Crippen molar-refractivity contribution >= 4 is 11.0 Å². The Hall–Kier alpha value is -1.42. The number of halogens is 1. The molecule has 1 N–H and O–H groups in total. The van der Waals surface area contributed by atoms with Crippen LogP contribution in [0.15, 0.2) is 18.2 Å². The van der Waals surface area contributed by atoms with Crippen LogP contribution in [0, 0.1) is 11.7 Å². The summed E-state index contributed by atoms with van der Waals surface area (Å²) in [6.07, 6.45) is 2.40. The third-order valence-corrected chi connectivity index (χ3v) is 4.44. The van der Waals surface area contributed by atoms with Crippen LogP contribution in [0.1, 0.15) is 37.5 Å². The van der Waals surface area contributed by atoms with Crippen molar-refractivity contribution in [3.8, 4) is 0 Å². The van der Waals surface area contributed by atoms with Gasteiger partial charge in [-0.2, -0.15) is 0 Å². The predicted octanol–water partition coefficient (Wildman–Crippen LogP) is 2.83. The fraction of sp³-hybridized carbons (Fsp3) is 0.533. The number of rotatable bonds is 2. The largest absolute Gasteiger partial charge is 0.324 e. The molecular weight excluding hydrogens is 241 g/mol. The van der Waals surface area contributed by atoms with E-state index in [2.05, 4.69) is 16.8 Å². The van der Waals surface area contributed by atoms with Crippen molar-refractivity contribution in [1.82, 2.24) is 14.9 Å². The number of fused-ring (bicyclic) bond motifs is 1. The summed E-state index contributed by atoms with van der Waals surface area (Å²) in [5, 5.41) is 3.44. The second-order valence-electron chi connectivity index (χ2n) is 5.95. The number of imidazole rings is 1. The highest BCUT2D eigenvalue weighted by Gasteiger charge is 2.34. The van der Waals surface area contributed by atoms with Crippen molar-refractivity contribution in [2.24, 2.45) is 5.92 Å². The molecule has 2 aliphatic rings. The molecule has 4 heteroatoms. The fourth-order valence-corrected chi connectivity index (χ4v) is 3.22. The number of hydrogen-bond acceptors (Lipinski definition) is 2. The molecule has 1 aromatic heterocycles. The minimum Gasteiger partial charge on any atom is -0.324 e. The Morgan fingerprint density at radius 2 is 2.16 bits per heavy atom. The van der Waals surface area contributed by atoms with Gasteiger partial charge >= 0.3 is 0 Å². The molecule has 1 aliphatic carbocycles. The Labute approximate surface area is 111 Å². The average Bonchev–Trinajstić information content (AvgIpc) is 3.03. The summed E-state index contributed by atoms with van der Waals surface area (Å²) >= 11 is 0. The molecule has 2 aromatic rings. The van der Waals surface area contributed by atoms with Crippen LogP contribution in [-0.2, 0) is 0 Å². The first-order chi connectivity index (χ1) is 9.24. The predicted molar refractivity (Wildman–Crippen MR) is 72.7 cm³/mol. The molecular formula is C15H18FN3. The molecule has 0 bridgehead atoms. The lowest BCUT2D eigenvalue weighted by Crippen LogP contribution is -2.14. The summed E-state index contributed by atoms with van der Waals surface area (Å²) in [6.45, 7) is 4.30. The van der Waals surface area contributed by atoms with E-state index >= 15 is 0 Å². The molecule has 1 saturated heterocycles. The second-order valence-corrected chi connectivity index (χ2v) is 5.95. The quantitative estimate of drug-likeness (QED) is 0.898. The van der Waals surface area contributed by atoms with Gasteiger partial charge in [-0.15, -0.1) is 0 Å². The van der Waals surface area contributed by atoms with Gasteiger partial charge in [-0.25, -0.2) is 9.37 Å². The molecule has 100 valence electrons. The van der Waals surface area contributed by atoms with Crippen molar-refractivity contribution in [3.05, 3.63) is 29.8 Å². The summed E-state index contributed by atoms with van der Waals surface area (Å²) in [6, 6.07) is 5.49. The minimum absolute atomic E-state index is 0.168. The van der Waals surface area contributed by atoms with Crippen LogP contribution in [0.2, 0.25) is 0 Å².